The fraction of sp³-hybridized carbons (Fsp3) is 0.452. The standard InChI is InChI=1S/C31H43N3O4/c1-6-33(7-2)19-11-12-24(3)32-31(35)29-18-16-27(38-29)23-34(21-25-13-9-8-10-14-25)22-26-15-17-28(36-4)30(20-26)37-5/h8-10,13-18,20,24H,6-7,11-12,19,21-23H2,1-5H3,(H,32,35). The van der Waals surface area contributed by atoms with Crippen molar-refractivity contribution in [1.82, 2.24) is 15.1 Å². The van der Waals surface area contributed by atoms with Crippen molar-refractivity contribution in [1.29, 1.82) is 0 Å². The lowest BCUT2D eigenvalue weighted by Crippen LogP contribution is -2.33. The maximum atomic E-state index is 12.8. The lowest BCUT2D eigenvalue weighted by molar-refractivity contribution is 0.0904. The van der Waals surface area contributed by atoms with E-state index in [4.69, 9.17) is 13.9 Å². The van der Waals surface area contributed by atoms with E-state index >= 15 is 0 Å². The number of rotatable bonds is 16. The van der Waals surface area contributed by atoms with Crippen molar-refractivity contribution in [2.45, 2.75) is 59.3 Å². The van der Waals surface area contributed by atoms with Crippen LogP contribution >= 0.6 is 0 Å². The van der Waals surface area contributed by atoms with Gasteiger partial charge < -0.3 is 24.1 Å². The van der Waals surface area contributed by atoms with Crippen LogP contribution in [0.25, 0.3) is 0 Å². The molecule has 1 atom stereocenters. The molecule has 7 nitrogen and oxygen atoms in total. The van der Waals surface area contributed by atoms with Crippen LogP contribution in [-0.4, -0.2) is 55.6 Å². The van der Waals surface area contributed by atoms with Gasteiger partial charge in [0.05, 0.1) is 20.8 Å². The van der Waals surface area contributed by atoms with Crippen LogP contribution in [0.4, 0.5) is 0 Å². The molecule has 7 heteroatoms. The van der Waals surface area contributed by atoms with Gasteiger partial charge in [0.25, 0.3) is 5.91 Å². The minimum atomic E-state index is -0.166. The SMILES string of the molecule is CCN(CC)CCCC(C)NC(=O)c1ccc(CN(Cc2ccccc2)Cc2ccc(OC)c(OC)c2)o1. The number of methoxy groups -OCH3 is 2. The van der Waals surface area contributed by atoms with Crippen LogP contribution in [-0.2, 0) is 19.6 Å². The molecule has 1 unspecified atom stereocenters. The number of nitrogens with zero attached hydrogens (tertiary/aromatic N) is 2. The average Bonchev–Trinajstić information content (AvgIpc) is 3.40. The summed E-state index contributed by atoms with van der Waals surface area (Å²) < 4.78 is 16.9. The van der Waals surface area contributed by atoms with E-state index in [9.17, 15) is 4.79 Å². The second-order valence-corrected chi connectivity index (χ2v) is 9.63. The highest BCUT2D eigenvalue weighted by molar-refractivity contribution is 5.91. The molecule has 0 spiro atoms. The van der Waals surface area contributed by atoms with Gasteiger partial charge in [-0.2, -0.15) is 0 Å². The summed E-state index contributed by atoms with van der Waals surface area (Å²) in [7, 11) is 3.28. The molecule has 206 valence electrons. The van der Waals surface area contributed by atoms with E-state index in [0.29, 0.717) is 30.3 Å². The molecule has 3 aromatic rings. The van der Waals surface area contributed by atoms with Crippen LogP contribution in [0.5, 0.6) is 11.5 Å². The first-order valence-electron chi connectivity index (χ1n) is 13.5. The van der Waals surface area contributed by atoms with Crippen molar-refractivity contribution in [3.63, 3.8) is 0 Å². The van der Waals surface area contributed by atoms with Crippen molar-refractivity contribution in [2.75, 3.05) is 33.9 Å². The van der Waals surface area contributed by atoms with Crippen LogP contribution in [0, 0.1) is 0 Å². The minimum Gasteiger partial charge on any atom is -0.493 e. The van der Waals surface area contributed by atoms with E-state index in [0.717, 1.165) is 50.3 Å². The molecule has 0 saturated carbocycles. The smallest absolute Gasteiger partial charge is 0.287 e. The van der Waals surface area contributed by atoms with Crippen LogP contribution < -0.4 is 14.8 Å². The van der Waals surface area contributed by atoms with Crippen molar-refractivity contribution in [3.05, 3.63) is 83.3 Å². The zero-order valence-electron chi connectivity index (χ0n) is 23.5. The van der Waals surface area contributed by atoms with Gasteiger partial charge in [0.2, 0.25) is 0 Å². The first-order chi connectivity index (χ1) is 18.4. The third-order valence-electron chi connectivity index (χ3n) is 6.75. The quantitative estimate of drug-likeness (QED) is 0.259. The summed E-state index contributed by atoms with van der Waals surface area (Å²) >= 11 is 0. The summed E-state index contributed by atoms with van der Waals surface area (Å²) in [6.45, 7) is 11.6. The number of amides is 1. The van der Waals surface area contributed by atoms with Gasteiger partial charge in [-0.25, -0.2) is 0 Å². The van der Waals surface area contributed by atoms with Crippen LogP contribution in [0.2, 0.25) is 0 Å². The molecular weight excluding hydrogens is 478 g/mol. The Morgan fingerprint density at radius 1 is 0.868 bits per heavy atom. The Balaban J connectivity index is 1.64. The number of carbonyl (C=O) groups is 1. The monoisotopic (exact) mass is 521 g/mol. The maximum Gasteiger partial charge on any atom is 0.287 e. The van der Waals surface area contributed by atoms with E-state index in [2.05, 4.69) is 48.0 Å². The Morgan fingerprint density at radius 2 is 1.58 bits per heavy atom. The number of carbonyl (C=O) groups excluding carboxylic acids is 1. The van der Waals surface area contributed by atoms with Gasteiger partial charge in [-0.05, 0) is 74.8 Å². The lowest BCUT2D eigenvalue weighted by Gasteiger charge is -2.22. The third-order valence-corrected chi connectivity index (χ3v) is 6.75. The van der Waals surface area contributed by atoms with Gasteiger partial charge in [-0.3, -0.25) is 9.69 Å². The summed E-state index contributed by atoms with van der Waals surface area (Å²) in [6.07, 6.45) is 1.99. The highest BCUT2D eigenvalue weighted by Gasteiger charge is 2.17. The van der Waals surface area contributed by atoms with Gasteiger partial charge in [0.15, 0.2) is 17.3 Å². The Labute approximate surface area is 227 Å². The van der Waals surface area contributed by atoms with E-state index in [1.165, 1.54) is 5.56 Å². The largest absolute Gasteiger partial charge is 0.493 e. The Morgan fingerprint density at radius 3 is 2.26 bits per heavy atom. The van der Waals surface area contributed by atoms with E-state index in [1.807, 2.05) is 42.5 Å². The molecule has 0 fully saturated rings. The van der Waals surface area contributed by atoms with Gasteiger partial charge in [0, 0.05) is 19.1 Å². The molecule has 0 aliphatic carbocycles. The molecule has 1 aromatic heterocycles. The first-order valence-corrected chi connectivity index (χ1v) is 13.5. The van der Waals surface area contributed by atoms with E-state index in [1.54, 1.807) is 20.3 Å². The zero-order chi connectivity index (χ0) is 27.3. The van der Waals surface area contributed by atoms with E-state index < -0.39 is 0 Å². The third kappa shape index (κ3) is 8.92. The van der Waals surface area contributed by atoms with Gasteiger partial charge in [-0.1, -0.05) is 50.2 Å². The summed E-state index contributed by atoms with van der Waals surface area (Å²) in [4.78, 5) is 17.5. The fourth-order valence-electron chi connectivity index (χ4n) is 4.58. The highest BCUT2D eigenvalue weighted by Crippen LogP contribution is 2.28. The maximum absolute atomic E-state index is 12.8. The number of hydrogen-bond donors (Lipinski definition) is 1. The minimum absolute atomic E-state index is 0.0891. The average molecular weight is 522 g/mol. The number of ether oxygens (including phenoxy) is 2. The first kappa shape index (κ1) is 29.3. The summed E-state index contributed by atoms with van der Waals surface area (Å²) in [5, 5.41) is 3.09. The number of benzene rings is 2. The predicted molar refractivity (Wildman–Crippen MR) is 152 cm³/mol. The number of nitrogens with one attached hydrogen (secondary N) is 1. The van der Waals surface area contributed by atoms with Gasteiger partial charge >= 0.3 is 0 Å². The molecule has 0 bridgehead atoms. The molecule has 0 aliphatic heterocycles. The molecule has 1 heterocycles. The van der Waals surface area contributed by atoms with Gasteiger partial charge in [-0.15, -0.1) is 0 Å². The fourth-order valence-corrected chi connectivity index (χ4v) is 4.58. The molecular formula is C31H43N3O4. The number of furan rings is 1. The molecule has 0 aliphatic rings. The summed E-state index contributed by atoms with van der Waals surface area (Å²) in [5.74, 6) is 2.34. The Kier molecular flexibility index (Phi) is 11.7. The number of hydrogen-bond acceptors (Lipinski definition) is 6. The predicted octanol–water partition coefficient (Wildman–Crippen LogP) is 5.74. The molecule has 2 aromatic carbocycles. The van der Waals surface area contributed by atoms with Crippen molar-refractivity contribution < 1.29 is 18.7 Å². The summed E-state index contributed by atoms with van der Waals surface area (Å²) in [5.41, 5.74) is 2.30. The van der Waals surface area contributed by atoms with Crippen molar-refractivity contribution >= 4 is 5.91 Å². The molecule has 0 saturated heterocycles. The molecule has 38 heavy (non-hydrogen) atoms. The Bertz CT molecular complexity index is 1110. The topological polar surface area (TPSA) is 67.2 Å². The van der Waals surface area contributed by atoms with E-state index in [-0.39, 0.29) is 11.9 Å². The van der Waals surface area contributed by atoms with Crippen LogP contribution in [0.1, 0.15) is 61.1 Å². The molecule has 1 N–H and O–H groups in total. The second kappa shape index (κ2) is 15.2. The molecule has 1 amide bonds. The molecule has 3 rings (SSSR count). The summed E-state index contributed by atoms with van der Waals surface area (Å²) in [6, 6.07) is 20.1. The Hall–Kier alpha value is -3.29. The zero-order valence-corrected chi connectivity index (χ0v) is 23.5. The second-order valence-electron chi connectivity index (χ2n) is 9.63. The highest BCUT2D eigenvalue weighted by atomic mass is 16.5. The lowest BCUT2D eigenvalue weighted by atomic mass is 10.1. The molecule has 0 radical (unpaired) electrons. The van der Waals surface area contributed by atoms with Crippen LogP contribution in [0.3, 0.4) is 0 Å². The normalized spacial score (nSPS) is 12.1. The van der Waals surface area contributed by atoms with Gasteiger partial charge in [0.1, 0.15) is 5.76 Å². The van der Waals surface area contributed by atoms with Crippen molar-refractivity contribution in [3.8, 4) is 11.5 Å². The van der Waals surface area contributed by atoms with Crippen LogP contribution in [0.15, 0.2) is 65.1 Å². The van der Waals surface area contributed by atoms with Crippen molar-refractivity contribution in [2.24, 2.45) is 0 Å².